The van der Waals surface area contributed by atoms with E-state index in [9.17, 15) is 4.79 Å². The van der Waals surface area contributed by atoms with Crippen molar-refractivity contribution in [1.82, 2.24) is 0 Å². The molecule has 76 valence electrons. The number of benzene rings is 1. The van der Waals surface area contributed by atoms with Gasteiger partial charge in [0.2, 0.25) is 0 Å². The number of rotatable bonds is 4. The summed E-state index contributed by atoms with van der Waals surface area (Å²) in [5.41, 5.74) is 7.39. The molecular formula is C11H15NO2. The monoisotopic (exact) mass is 193 g/mol. The Balaban J connectivity index is 2.77. The van der Waals surface area contributed by atoms with Crippen LogP contribution in [0.25, 0.3) is 0 Å². The zero-order valence-electron chi connectivity index (χ0n) is 8.23. The summed E-state index contributed by atoms with van der Waals surface area (Å²) < 4.78 is 0. The standard InChI is InChI=1S/C11H15NO2/c1-8(11(13)14)10-4-2-9(3-5-10)6-7-12/h2-5,8H,6-7,12H2,1H3,(H,13,14). The number of carboxylic acid groups (broad SMARTS) is 1. The molecule has 14 heavy (non-hydrogen) atoms. The number of nitrogens with two attached hydrogens (primary N) is 1. The van der Waals surface area contributed by atoms with Gasteiger partial charge in [0.05, 0.1) is 5.92 Å². The first-order valence-corrected chi connectivity index (χ1v) is 4.67. The van der Waals surface area contributed by atoms with Crippen LogP contribution in [0.5, 0.6) is 0 Å². The van der Waals surface area contributed by atoms with Crippen LogP contribution in [-0.2, 0) is 11.2 Å². The molecule has 0 bridgehead atoms. The van der Waals surface area contributed by atoms with E-state index in [2.05, 4.69) is 0 Å². The number of hydrogen-bond acceptors (Lipinski definition) is 2. The molecule has 1 aromatic carbocycles. The first-order valence-electron chi connectivity index (χ1n) is 4.67. The molecule has 0 spiro atoms. The van der Waals surface area contributed by atoms with E-state index in [1.807, 2.05) is 24.3 Å². The molecule has 1 atom stereocenters. The van der Waals surface area contributed by atoms with Crippen LogP contribution >= 0.6 is 0 Å². The molecule has 3 nitrogen and oxygen atoms in total. The fourth-order valence-corrected chi connectivity index (χ4v) is 1.28. The Hall–Kier alpha value is -1.35. The largest absolute Gasteiger partial charge is 0.481 e. The maximum Gasteiger partial charge on any atom is 0.310 e. The zero-order valence-corrected chi connectivity index (χ0v) is 8.23. The van der Waals surface area contributed by atoms with Crippen LogP contribution in [0.2, 0.25) is 0 Å². The van der Waals surface area contributed by atoms with Crippen LogP contribution in [0.3, 0.4) is 0 Å². The van der Waals surface area contributed by atoms with Crippen molar-refractivity contribution in [1.29, 1.82) is 0 Å². The molecule has 0 saturated carbocycles. The third-order valence-corrected chi connectivity index (χ3v) is 2.28. The second-order valence-electron chi connectivity index (χ2n) is 3.34. The van der Waals surface area contributed by atoms with E-state index in [4.69, 9.17) is 10.8 Å². The minimum atomic E-state index is -0.795. The minimum absolute atomic E-state index is 0.443. The second-order valence-corrected chi connectivity index (χ2v) is 3.34. The van der Waals surface area contributed by atoms with Gasteiger partial charge in [-0.1, -0.05) is 24.3 Å². The van der Waals surface area contributed by atoms with Gasteiger partial charge in [0.1, 0.15) is 0 Å². The Labute approximate surface area is 83.6 Å². The van der Waals surface area contributed by atoms with E-state index in [1.54, 1.807) is 6.92 Å². The van der Waals surface area contributed by atoms with Crippen LogP contribution in [0, 0.1) is 0 Å². The van der Waals surface area contributed by atoms with Gasteiger partial charge in [0, 0.05) is 0 Å². The highest BCUT2D eigenvalue weighted by Crippen LogP contribution is 2.15. The van der Waals surface area contributed by atoms with E-state index >= 15 is 0 Å². The SMILES string of the molecule is CC(C(=O)O)c1ccc(CCN)cc1. The van der Waals surface area contributed by atoms with E-state index in [-0.39, 0.29) is 0 Å². The Kier molecular flexibility index (Phi) is 3.65. The van der Waals surface area contributed by atoms with Crippen LogP contribution in [0.15, 0.2) is 24.3 Å². The summed E-state index contributed by atoms with van der Waals surface area (Å²) in [7, 11) is 0. The van der Waals surface area contributed by atoms with Gasteiger partial charge in [-0.25, -0.2) is 0 Å². The van der Waals surface area contributed by atoms with Gasteiger partial charge in [0.15, 0.2) is 0 Å². The molecule has 0 aliphatic rings. The van der Waals surface area contributed by atoms with Gasteiger partial charge in [0.25, 0.3) is 0 Å². The van der Waals surface area contributed by atoms with Gasteiger partial charge >= 0.3 is 5.97 Å². The summed E-state index contributed by atoms with van der Waals surface area (Å²) in [4.78, 5) is 10.7. The minimum Gasteiger partial charge on any atom is -0.481 e. The maximum atomic E-state index is 10.7. The maximum absolute atomic E-state index is 10.7. The topological polar surface area (TPSA) is 63.3 Å². The third kappa shape index (κ3) is 2.57. The molecule has 1 rings (SSSR count). The highest BCUT2D eigenvalue weighted by molar-refractivity contribution is 5.75. The number of hydrogen-bond donors (Lipinski definition) is 2. The molecule has 0 amide bonds. The van der Waals surface area contributed by atoms with Crippen molar-refractivity contribution in [3.8, 4) is 0 Å². The predicted octanol–water partition coefficient (Wildman–Crippen LogP) is 1.38. The molecule has 0 aliphatic heterocycles. The third-order valence-electron chi connectivity index (χ3n) is 2.28. The Morgan fingerprint density at radius 1 is 1.43 bits per heavy atom. The first kappa shape index (κ1) is 10.7. The highest BCUT2D eigenvalue weighted by Gasteiger charge is 2.12. The summed E-state index contributed by atoms with van der Waals surface area (Å²) in [6, 6.07) is 7.57. The fourth-order valence-electron chi connectivity index (χ4n) is 1.28. The summed E-state index contributed by atoms with van der Waals surface area (Å²) in [6.45, 7) is 2.30. The molecular weight excluding hydrogens is 178 g/mol. The Morgan fingerprint density at radius 2 is 2.00 bits per heavy atom. The van der Waals surface area contributed by atoms with Crippen molar-refractivity contribution in [2.75, 3.05) is 6.54 Å². The van der Waals surface area contributed by atoms with E-state index in [0.29, 0.717) is 6.54 Å². The number of carboxylic acids is 1. The van der Waals surface area contributed by atoms with E-state index < -0.39 is 11.9 Å². The van der Waals surface area contributed by atoms with Crippen LogP contribution < -0.4 is 5.73 Å². The van der Waals surface area contributed by atoms with Crippen molar-refractivity contribution in [3.63, 3.8) is 0 Å². The van der Waals surface area contributed by atoms with Gasteiger partial charge in [-0.2, -0.15) is 0 Å². The molecule has 1 unspecified atom stereocenters. The summed E-state index contributed by atoms with van der Waals surface area (Å²) in [5.74, 6) is -1.24. The Bertz CT molecular complexity index is 306. The lowest BCUT2D eigenvalue weighted by molar-refractivity contribution is -0.138. The fraction of sp³-hybridized carbons (Fsp3) is 0.364. The molecule has 3 N–H and O–H groups in total. The van der Waals surface area contributed by atoms with Crippen molar-refractivity contribution in [3.05, 3.63) is 35.4 Å². The lowest BCUT2D eigenvalue weighted by atomic mass is 9.99. The molecule has 0 saturated heterocycles. The molecule has 0 radical (unpaired) electrons. The molecule has 0 aliphatic carbocycles. The summed E-state index contributed by atoms with van der Waals surface area (Å²) >= 11 is 0. The average Bonchev–Trinajstić information content (AvgIpc) is 2.18. The van der Waals surface area contributed by atoms with Crippen LogP contribution in [0.4, 0.5) is 0 Å². The lowest BCUT2D eigenvalue weighted by Gasteiger charge is -2.07. The molecule has 1 aromatic rings. The van der Waals surface area contributed by atoms with Gasteiger partial charge in [-0.15, -0.1) is 0 Å². The van der Waals surface area contributed by atoms with Crippen molar-refractivity contribution < 1.29 is 9.90 Å². The highest BCUT2D eigenvalue weighted by atomic mass is 16.4. The second kappa shape index (κ2) is 4.77. The Morgan fingerprint density at radius 3 is 2.43 bits per heavy atom. The number of aliphatic carboxylic acids is 1. The van der Waals surface area contributed by atoms with Crippen LogP contribution in [0.1, 0.15) is 24.0 Å². The predicted molar refractivity (Wildman–Crippen MR) is 55.3 cm³/mol. The molecule has 0 aromatic heterocycles. The van der Waals surface area contributed by atoms with Crippen LogP contribution in [-0.4, -0.2) is 17.6 Å². The van der Waals surface area contributed by atoms with E-state index in [0.717, 1.165) is 17.5 Å². The number of carbonyl (C=O) groups is 1. The quantitative estimate of drug-likeness (QED) is 0.759. The van der Waals surface area contributed by atoms with Gasteiger partial charge in [-0.05, 0) is 31.0 Å². The van der Waals surface area contributed by atoms with Crippen molar-refractivity contribution in [2.24, 2.45) is 5.73 Å². The van der Waals surface area contributed by atoms with E-state index in [1.165, 1.54) is 0 Å². The lowest BCUT2D eigenvalue weighted by Crippen LogP contribution is -2.07. The average molecular weight is 193 g/mol. The summed E-state index contributed by atoms with van der Waals surface area (Å²) in [6.07, 6.45) is 0.835. The molecule has 3 heteroatoms. The summed E-state index contributed by atoms with van der Waals surface area (Å²) in [5, 5.41) is 8.79. The van der Waals surface area contributed by atoms with Crippen molar-refractivity contribution >= 4 is 5.97 Å². The molecule has 0 fully saturated rings. The van der Waals surface area contributed by atoms with Crippen molar-refractivity contribution in [2.45, 2.75) is 19.3 Å². The molecule has 0 heterocycles. The van der Waals surface area contributed by atoms with Gasteiger partial charge in [-0.3, -0.25) is 4.79 Å². The smallest absolute Gasteiger partial charge is 0.310 e. The normalized spacial score (nSPS) is 12.4. The first-order chi connectivity index (χ1) is 6.65. The van der Waals surface area contributed by atoms with Gasteiger partial charge < -0.3 is 10.8 Å². The zero-order chi connectivity index (χ0) is 10.6.